The van der Waals surface area contributed by atoms with E-state index in [1.807, 2.05) is 6.07 Å². The molecule has 0 saturated heterocycles. The molecule has 23 heavy (non-hydrogen) atoms. The number of hydrogen-bond acceptors (Lipinski definition) is 5. The van der Waals surface area contributed by atoms with Crippen molar-refractivity contribution in [2.24, 2.45) is 0 Å². The third-order valence-corrected chi connectivity index (χ3v) is 3.81. The standard InChI is InChI=1S/C17H15ClO5/c1-10(19)23-17-9-22-16-7-13(4-5-14(16)17)21-8-11-2-3-12(20)6-15(11)18/h2-7,17,20H,8-9H2,1H3. The number of aromatic hydroxyl groups is 1. The largest absolute Gasteiger partial charge is 0.508 e. The second kappa shape index (κ2) is 6.38. The monoisotopic (exact) mass is 334 g/mol. The lowest BCUT2D eigenvalue weighted by Gasteiger charge is -2.10. The second-order valence-electron chi connectivity index (χ2n) is 5.17. The number of rotatable bonds is 4. The van der Waals surface area contributed by atoms with E-state index in [0.717, 1.165) is 11.1 Å². The Kier molecular flexibility index (Phi) is 4.30. The third-order valence-electron chi connectivity index (χ3n) is 3.46. The molecule has 0 saturated carbocycles. The molecular weight excluding hydrogens is 320 g/mol. The first kappa shape index (κ1) is 15.5. The summed E-state index contributed by atoms with van der Waals surface area (Å²) in [5, 5.41) is 9.78. The number of hydrogen-bond donors (Lipinski definition) is 1. The lowest BCUT2D eigenvalue weighted by molar-refractivity contribution is -0.147. The van der Waals surface area contributed by atoms with Crippen molar-refractivity contribution in [2.75, 3.05) is 6.61 Å². The average molecular weight is 335 g/mol. The van der Waals surface area contributed by atoms with Crippen LogP contribution in [0.3, 0.4) is 0 Å². The molecule has 2 aromatic carbocycles. The molecule has 0 amide bonds. The van der Waals surface area contributed by atoms with Crippen molar-refractivity contribution in [3.8, 4) is 17.2 Å². The first-order valence-electron chi connectivity index (χ1n) is 7.07. The highest BCUT2D eigenvalue weighted by Crippen LogP contribution is 2.37. The van der Waals surface area contributed by atoms with E-state index in [4.69, 9.17) is 25.8 Å². The highest BCUT2D eigenvalue weighted by Gasteiger charge is 2.27. The van der Waals surface area contributed by atoms with Gasteiger partial charge < -0.3 is 19.3 Å². The van der Waals surface area contributed by atoms with E-state index in [1.165, 1.54) is 13.0 Å². The van der Waals surface area contributed by atoms with Crippen LogP contribution in [0.25, 0.3) is 0 Å². The minimum Gasteiger partial charge on any atom is -0.508 e. The molecule has 0 spiro atoms. The lowest BCUT2D eigenvalue weighted by Crippen LogP contribution is -2.09. The normalized spacial score (nSPS) is 15.7. The summed E-state index contributed by atoms with van der Waals surface area (Å²) >= 11 is 6.04. The van der Waals surface area contributed by atoms with Crippen LogP contribution in [0.5, 0.6) is 17.2 Å². The van der Waals surface area contributed by atoms with Crippen LogP contribution < -0.4 is 9.47 Å². The van der Waals surface area contributed by atoms with Crippen molar-refractivity contribution in [1.82, 2.24) is 0 Å². The molecule has 0 radical (unpaired) electrons. The number of esters is 1. The molecule has 1 atom stereocenters. The molecule has 5 nitrogen and oxygen atoms in total. The number of phenols is 1. The van der Waals surface area contributed by atoms with Crippen LogP contribution in [0.4, 0.5) is 0 Å². The number of benzene rings is 2. The number of phenolic OH excluding ortho intramolecular Hbond substituents is 1. The summed E-state index contributed by atoms with van der Waals surface area (Å²) in [5.41, 5.74) is 1.60. The van der Waals surface area contributed by atoms with E-state index in [1.54, 1.807) is 24.3 Å². The topological polar surface area (TPSA) is 65.0 Å². The fraction of sp³-hybridized carbons (Fsp3) is 0.235. The highest BCUT2D eigenvalue weighted by atomic mass is 35.5. The van der Waals surface area contributed by atoms with Gasteiger partial charge in [0.2, 0.25) is 0 Å². The molecule has 1 unspecified atom stereocenters. The van der Waals surface area contributed by atoms with Crippen LogP contribution in [0.15, 0.2) is 36.4 Å². The maximum absolute atomic E-state index is 11.1. The van der Waals surface area contributed by atoms with Gasteiger partial charge >= 0.3 is 5.97 Å². The van der Waals surface area contributed by atoms with Gasteiger partial charge in [0.05, 0.1) is 5.02 Å². The van der Waals surface area contributed by atoms with Crippen LogP contribution in [-0.2, 0) is 16.1 Å². The molecule has 0 fully saturated rings. The van der Waals surface area contributed by atoms with Gasteiger partial charge in [0.1, 0.15) is 30.5 Å². The van der Waals surface area contributed by atoms with Crippen LogP contribution in [0.2, 0.25) is 5.02 Å². The third kappa shape index (κ3) is 3.51. The van der Waals surface area contributed by atoms with Crippen molar-refractivity contribution >= 4 is 17.6 Å². The zero-order valence-corrected chi connectivity index (χ0v) is 13.2. The molecule has 0 aromatic heterocycles. The number of fused-ring (bicyclic) bond motifs is 1. The second-order valence-corrected chi connectivity index (χ2v) is 5.58. The van der Waals surface area contributed by atoms with Gasteiger partial charge in [-0.05, 0) is 24.3 Å². The summed E-state index contributed by atoms with van der Waals surface area (Å²) in [6, 6.07) is 10.1. The van der Waals surface area contributed by atoms with Crippen molar-refractivity contribution < 1.29 is 24.1 Å². The Labute approximate surface area is 138 Å². The van der Waals surface area contributed by atoms with Crippen LogP contribution in [0, 0.1) is 0 Å². The van der Waals surface area contributed by atoms with Gasteiger partial charge in [-0.2, -0.15) is 0 Å². The summed E-state index contributed by atoms with van der Waals surface area (Å²) < 4.78 is 16.4. The summed E-state index contributed by atoms with van der Waals surface area (Å²) in [6.07, 6.45) is -0.372. The van der Waals surface area contributed by atoms with Crippen LogP contribution >= 0.6 is 11.6 Å². The predicted molar refractivity (Wildman–Crippen MR) is 83.9 cm³/mol. The summed E-state index contributed by atoms with van der Waals surface area (Å²) in [5.74, 6) is 1.04. The first-order valence-corrected chi connectivity index (χ1v) is 7.45. The summed E-state index contributed by atoms with van der Waals surface area (Å²) in [7, 11) is 0. The Balaban J connectivity index is 1.69. The predicted octanol–water partition coefficient (Wildman–Crippen LogP) is 3.62. The molecule has 3 rings (SSSR count). The summed E-state index contributed by atoms with van der Waals surface area (Å²) in [6.45, 7) is 1.95. The maximum atomic E-state index is 11.1. The Hall–Kier alpha value is -2.40. The molecule has 1 aliphatic rings. The van der Waals surface area contributed by atoms with Crippen LogP contribution in [0.1, 0.15) is 24.2 Å². The molecule has 0 aliphatic carbocycles. The van der Waals surface area contributed by atoms with Gasteiger partial charge in [0.25, 0.3) is 0 Å². The van der Waals surface area contributed by atoms with Gasteiger partial charge in [0.15, 0.2) is 6.10 Å². The maximum Gasteiger partial charge on any atom is 0.303 e. The van der Waals surface area contributed by atoms with Crippen molar-refractivity contribution in [3.63, 3.8) is 0 Å². The molecule has 2 aromatic rings. The van der Waals surface area contributed by atoms with Gasteiger partial charge in [0, 0.05) is 24.1 Å². The number of carbonyl (C=O) groups is 1. The van der Waals surface area contributed by atoms with Crippen molar-refractivity contribution in [1.29, 1.82) is 0 Å². The van der Waals surface area contributed by atoms with Crippen molar-refractivity contribution in [3.05, 3.63) is 52.5 Å². The minimum absolute atomic E-state index is 0.112. The van der Waals surface area contributed by atoms with E-state index >= 15 is 0 Å². The average Bonchev–Trinajstić information content (AvgIpc) is 2.88. The molecule has 1 aliphatic heterocycles. The molecule has 120 valence electrons. The fourth-order valence-electron chi connectivity index (χ4n) is 2.36. The Morgan fingerprint density at radius 1 is 1.35 bits per heavy atom. The molecule has 1 N–H and O–H groups in total. The van der Waals surface area contributed by atoms with Gasteiger partial charge in [-0.25, -0.2) is 0 Å². The Bertz CT molecular complexity index is 744. The molecular formula is C17H15ClO5. The molecule has 0 bridgehead atoms. The number of halogens is 1. The molecule has 6 heteroatoms. The van der Waals surface area contributed by atoms with Gasteiger partial charge in [-0.15, -0.1) is 0 Å². The zero-order valence-electron chi connectivity index (χ0n) is 12.4. The van der Waals surface area contributed by atoms with E-state index in [9.17, 15) is 9.90 Å². The van der Waals surface area contributed by atoms with Crippen molar-refractivity contribution in [2.45, 2.75) is 19.6 Å². The zero-order chi connectivity index (χ0) is 16.4. The van der Waals surface area contributed by atoms with E-state index in [-0.39, 0.29) is 24.4 Å². The fourth-order valence-corrected chi connectivity index (χ4v) is 2.59. The van der Waals surface area contributed by atoms with E-state index < -0.39 is 0 Å². The number of ether oxygens (including phenoxy) is 3. The first-order chi connectivity index (χ1) is 11.0. The Morgan fingerprint density at radius 3 is 2.91 bits per heavy atom. The Morgan fingerprint density at radius 2 is 2.17 bits per heavy atom. The van der Waals surface area contributed by atoms with Gasteiger partial charge in [-0.1, -0.05) is 17.7 Å². The van der Waals surface area contributed by atoms with E-state index in [0.29, 0.717) is 23.1 Å². The lowest BCUT2D eigenvalue weighted by atomic mass is 10.1. The summed E-state index contributed by atoms with van der Waals surface area (Å²) in [4.78, 5) is 11.1. The number of carbonyl (C=O) groups excluding carboxylic acids is 1. The smallest absolute Gasteiger partial charge is 0.303 e. The van der Waals surface area contributed by atoms with E-state index in [2.05, 4.69) is 0 Å². The van der Waals surface area contributed by atoms with Crippen LogP contribution in [-0.4, -0.2) is 17.7 Å². The minimum atomic E-state index is -0.372. The quantitative estimate of drug-likeness (QED) is 0.865. The van der Waals surface area contributed by atoms with Gasteiger partial charge in [-0.3, -0.25) is 4.79 Å². The molecule has 1 heterocycles. The highest BCUT2D eigenvalue weighted by molar-refractivity contribution is 6.31. The SMILES string of the molecule is CC(=O)OC1COc2cc(OCc3ccc(O)cc3Cl)ccc21.